The first-order valence-electron chi connectivity index (χ1n) is 5.55. The van der Waals surface area contributed by atoms with Crippen molar-refractivity contribution < 1.29 is 4.39 Å². The summed E-state index contributed by atoms with van der Waals surface area (Å²) < 4.78 is 14.8. The molecule has 0 bridgehead atoms. The van der Waals surface area contributed by atoms with Crippen LogP contribution in [0.5, 0.6) is 0 Å². The van der Waals surface area contributed by atoms with E-state index in [0.29, 0.717) is 0 Å². The fourth-order valence-corrected chi connectivity index (χ4v) is 2.67. The van der Waals surface area contributed by atoms with Crippen LogP contribution in [0.3, 0.4) is 0 Å². The fourth-order valence-electron chi connectivity index (χ4n) is 1.79. The Morgan fingerprint density at radius 2 is 2.00 bits per heavy atom. The molecule has 3 aromatic rings. The second-order valence-corrected chi connectivity index (χ2v) is 5.33. The van der Waals surface area contributed by atoms with Gasteiger partial charge in [-0.2, -0.15) is 0 Å². The standard InChI is InChI=1S/C13H12FN3S/c1-16(2)13-6-4-11(18-13)10-8-17-7-9(14)3-5-12(17)15-10/h3-8H,1-2H3. The van der Waals surface area contributed by atoms with Gasteiger partial charge in [-0.3, -0.25) is 0 Å². The van der Waals surface area contributed by atoms with Gasteiger partial charge in [0.2, 0.25) is 0 Å². The minimum atomic E-state index is -0.258. The van der Waals surface area contributed by atoms with Crippen molar-refractivity contribution in [1.29, 1.82) is 0 Å². The lowest BCUT2D eigenvalue weighted by atomic mass is 10.4. The van der Waals surface area contributed by atoms with Gasteiger partial charge in [0, 0.05) is 26.5 Å². The maximum absolute atomic E-state index is 13.1. The fraction of sp³-hybridized carbons (Fsp3) is 0.154. The van der Waals surface area contributed by atoms with Crippen LogP contribution in [0.15, 0.2) is 36.7 Å². The summed E-state index contributed by atoms with van der Waals surface area (Å²) in [5.74, 6) is -0.258. The first kappa shape index (κ1) is 11.2. The van der Waals surface area contributed by atoms with Crippen molar-refractivity contribution in [3.63, 3.8) is 0 Å². The molecule has 18 heavy (non-hydrogen) atoms. The lowest BCUT2D eigenvalue weighted by Gasteiger charge is -2.06. The molecule has 0 atom stereocenters. The minimum Gasteiger partial charge on any atom is -0.370 e. The summed E-state index contributed by atoms with van der Waals surface area (Å²) in [6.07, 6.45) is 3.29. The smallest absolute Gasteiger partial charge is 0.139 e. The zero-order valence-electron chi connectivity index (χ0n) is 10.1. The van der Waals surface area contributed by atoms with Crippen molar-refractivity contribution in [2.45, 2.75) is 0 Å². The molecular formula is C13H12FN3S. The Bertz CT molecular complexity index is 699. The first-order chi connectivity index (χ1) is 8.63. The van der Waals surface area contributed by atoms with Crippen LogP contribution in [0.25, 0.3) is 16.2 Å². The number of pyridine rings is 1. The van der Waals surface area contributed by atoms with Crippen LogP contribution in [0.1, 0.15) is 0 Å². The van der Waals surface area contributed by atoms with E-state index in [1.807, 2.05) is 26.4 Å². The van der Waals surface area contributed by atoms with Crippen molar-refractivity contribution in [2.24, 2.45) is 0 Å². The van der Waals surface area contributed by atoms with E-state index in [2.05, 4.69) is 16.0 Å². The molecule has 0 N–H and O–H groups in total. The van der Waals surface area contributed by atoms with Crippen molar-refractivity contribution in [3.8, 4) is 10.6 Å². The molecule has 5 heteroatoms. The third kappa shape index (κ3) is 1.86. The Labute approximate surface area is 108 Å². The van der Waals surface area contributed by atoms with Gasteiger partial charge in [0.1, 0.15) is 11.5 Å². The molecule has 0 amide bonds. The van der Waals surface area contributed by atoms with Gasteiger partial charge >= 0.3 is 0 Å². The zero-order valence-corrected chi connectivity index (χ0v) is 10.9. The molecule has 0 aliphatic rings. The van der Waals surface area contributed by atoms with Crippen LogP contribution >= 0.6 is 11.3 Å². The molecule has 0 aliphatic carbocycles. The highest BCUT2D eigenvalue weighted by Crippen LogP contribution is 2.32. The summed E-state index contributed by atoms with van der Waals surface area (Å²) in [4.78, 5) is 7.63. The Hall–Kier alpha value is -1.88. The number of aromatic nitrogens is 2. The molecule has 0 saturated heterocycles. The predicted octanol–water partition coefficient (Wildman–Crippen LogP) is 3.27. The van der Waals surface area contributed by atoms with E-state index in [4.69, 9.17) is 0 Å². The van der Waals surface area contributed by atoms with E-state index in [9.17, 15) is 4.39 Å². The lowest BCUT2D eigenvalue weighted by Crippen LogP contribution is -2.05. The predicted molar refractivity (Wildman–Crippen MR) is 72.8 cm³/mol. The number of rotatable bonds is 2. The van der Waals surface area contributed by atoms with Crippen molar-refractivity contribution >= 4 is 22.0 Å². The molecule has 0 aromatic carbocycles. The number of imidazole rings is 1. The van der Waals surface area contributed by atoms with Gasteiger partial charge in [-0.05, 0) is 24.3 Å². The number of thiophene rings is 1. The number of hydrogen-bond acceptors (Lipinski definition) is 3. The highest BCUT2D eigenvalue weighted by molar-refractivity contribution is 7.19. The van der Waals surface area contributed by atoms with Crippen molar-refractivity contribution in [2.75, 3.05) is 19.0 Å². The average molecular weight is 261 g/mol. The molecule has 3 aromatic heterocycles. The topological polar surface area (TPSA) is 20.5 Å². The monoisotopic (exact) mass is 261 g/mol. The molecule has 0 saturated carbocycles. The first-order valence-corrected chi connectivity index (χ1v) is 6.37. The molecule has 3 rings (SSSR count). The lowest BCUT2D eigenvalue weighted by molar-refractivity contribution is 0.619. The summed E-state index contributed by atoms with van der Waals surface area (Å²) in [5, 5.41) is 1.17. The summed E-state index contributed by atoms with van der Waals surface area (Å²) in [5.41, 5.74) is 1.63. The van der Waals surface area contributed by atoms with Crippen LogP contribution < -0.4 is 4.90 Å². The molecular weight excluding hydrogens is 249 g/mol. The molecule has 3 heterocycles. The van der Waals surface area contributed by atoms with Crippen LogP contribution in [0.4, 0.5) is 9.39 Å². The minimum absolute atomic E-state index is 0.258. The van der Waals surface area contributed by atoms with E-state index in [-0.39, 0.29) is 5.82 Å². The van der Waals surface area contributed by atoms with E-state index in [1.165, 1.54) is 17.3 Å². The van der Waals surface area contributed by atoms with Gasteiger partial charge < -0.3 is 9.30 Å². The highest BCUT2D eigenvalue weighted by atomic mass is 32.1. The summed E-state index contributed by atoms with van der Waals surface area (Å²) >= 11 is 1.67. The molecule has 92 valence electrons. The third-order valence-corrected chi connectivity index (χ3v) is 3.98. The van der Waals surface area contributed by atoms with Crippen molar-refractivity contribution in [1.82, 2.24) is 9.38 Å². The third-order valence-electron chi connectivity index (χ3n) is 2.70. The number of anilines is 1. The largest absolute Gasteiger partial charge is 0.370 e. The maximum Gasteiger partial charge on any atom is 0.139 e. The van der Waals surface area contributed by atoms with E-state index >= 15 is 0 Å². The Morgan fingerprint density at radius 3 is 2.72 bits per heavy atom. The zero-order chi connectivity index (χ0) is 12.7. The van der Waals surface area contributed by atoms with Gasteiger partial charge in [0.15, 0.2) is 0 Å². The molecule has 0 unspecified atom stereocenters. The van der Waals surface area contributed by atoms with Gasteiger partial charge in [0.25, 0.3) is 0 Å². The second-order valence-electron chi connectivity index (χ2n) is 4.27. The number of fused-ring (bicyclic) bond motifs is 1. The van der Waals surface area contributed by atoms with Gasteiger partial charge in [-0.15, -0.1) is 11.3 Å². The average Bonchev–Trinajstić information content (AvgIpc) is 2.93. The number of nitrogens with zero attached hydrogens (tertiary/aromatic N) is 3. The van der Waals surface area contributed by atoms with E-state index in [0.717, 1.165) is 16.2 Å². The molecule has 3 nitrogen and oxygen atoms in total. The quantitative estimate of drug-likeness (QED) is 0.705. The van der Waals surface area contributed by atoms with Gasteiger partial charge in [0.05, 0.1) is 15.6 Å². The van der Waals surface area contributed by atoms with Gasteiger partial charge in [-0.25, -0.2) is 9.37 Å². The number of hydrogen-bond donors (Lipinski definition) is 0. The normalized spacial score (nSPS) is 11.1. The Balaban J connectivity index is 2.07. The van der Waals surface area contributed by atoms with E-state index in [1.54, 1.807) is 21.8 Å². The number of halogens is 1. The highest BCUT2D eigenvalue weighted by Gasteiger charge is 2.08. The summed E-state index contributed by atoms with van der Waals surface area (Å²) in [6.45, 7) is 0. The van der Waals surface area contributed by atoms with Crippen LogP contribution in [-0.4, -0.2) is 23.5 Å². The SMILES string of the molecule is CN(C)c1ccc(-c2cn3cc(F)ccc3n2)s1. The Morgan fingerprint density at radius 1 is 1.17 bits per heavy atom. The van der Waals surface area contributed by atoms with Crippen LogP contribution in [0, 0.1) is 5.82 Å². The Kier molecular flexibility index (Phi) is 2.56. The van der Waals surface area contributed by atoms with E-state index < -0.39 is 0 Å². The van der Waals surface area contributed by atoms with Gasteiger partial charge in [-0.1, -0.05) is 0 Å². The molecule has 0 spiro atoms. The molecule has 0 fully saturated rings. The van der Waals surface area contributed by atoms with Crippen LogP contribution in [-0.2, 0) is 0 Å². The van der Waals surface area contributed by atoms with Crippen LogP contribution in [0.2, 0.25) is 0 Å². The summed E-state index contributed by atoms with van der Waals surface area (Å²) in [7, 11) is 4.02. The second kappa shape index (κ2) is 4.10. The summed E-state index contributed by atoms with van der Waals surface area (Å²) in [6, 6.07) is 7.20. The van der Waals surface area contributed by atoms with Crippen molar-refractivity contribution in [3.05, 3.63) is 42.5 Å². The molecule has 0 radical (unpaired) electrons. The molecule has 0 aliphatic heterocycles. The maximum atomic E-state index is 13.1.